The Labute approximate surface area is 132 Å². The van der Waals surface area contributed by atoms with Crippen LogP contribution in [0, 0.1) is 11.3 Å². The Morgan fingerprint density at radius 3 is 2.76 bits per heavy atom. The number of thiophene rings is 1. The zero-order chi connectivity index (χ0) is 15.2. The largest absolute Gasteiger partial charge is 0.315 e. The predicted octanol–water partition coefficient (Wildman–Crippen LogP) is 3.34. The number of carbonyl (C=O) groups is 1. The van der Waals surface area contributed by atoms with Crippen LogP contribution in [0.1, 0.15) is 11.1 Å². The van der Waals surface area contributed by atoms with E-state index in [0.29, 0.717) is 22.1 Å². The molecule has 2 aromatic rings. The van der Waals surface area contributed by atoms with Crippen LogP contribution >= 0.6 is 22.9 Å². The van der Waals surface area contributed by atoms with Crippen molar-refractivity contribution < 1.29 is 4.79 Å². The first kappa shape index (κ1) is 15.5. The number of hydrogen-bond donors (Lipinski definition) is 1. The second kappa shape index (κ2) is 7.23. The summed E-state index contributed by atoms with van der Waals surface area (Å²) in [7, 11) is 1.87. The molecule has 0 fully saturated rings. The summed E-state index contributed by atoms with van der Waals surface area (Å²) in [6.45, 7) is 0.908. The van der Waals surface area contributed by atoms with Crippen LogP contribution < -0.4 is 5.32 Å². The summed E-state index contributed by atoms with van der Waals surface area (Å²) in [5, 5.41) is 14.7. The highest BCUT2D eigenvalue weighted by molar-refractivity contribution is 7.14. The first-order chi connectivity index (χ1) is 10.1. The SMILES string of the molecule is CN(CC(=O)Nc1sccc1C#N)Cc1ccc(Cl)cc1. The molecule has 1 N–H and O–H groups in total. The van der Waals surface area contributed by atoms with E-state index in [4.69, 9.17) is 16.9 Å². The minimum atomic E-state index is -0.134. The number of rotatable bonds is 5. The molecule has 0 aliphatic rings. The van der Waals surface area contributed by atoms with Crippen molar-refractivity contribution in [1.29, 1.82) is 5.26 Å². The molecule has 1 amide bonds. The molecule has 0 saturated carbocycles. The molecule has 0 saturated heterocycles. The van der Waals surface area contributed by atoms with Crippen molar-refractivity contribution in [3.8, 4) is 6.07 Å². The Kier molecular flexibility index (Phi) is 5.34. The number of hydrogen-bond acceptors (Lipinski definition) is 4. The van der Waals surface area contributed by atoms with Gasteiger partial charge in [-0.1, -0.05) is 23.7 Å². The maximum absolute atomic E-state index is 12.0. The molecule has 21 heavy (non-hydrogen) atoms. The zero-order valence-electron chi connectivity index (χ0n) is 11.5. The highest BCUT2D eigenvalue weighted by Crippen LogP contribution is 2.22. The van der Waals surface area contributed by atoms with Crippen molar-refractivity contribution in [3.63, 3.8) is 0 Å². The van der Waals surface area contributed by atoms with Gasteiger partial charge in [0.2, 0.25) is 5.91 Å². The molecule has 0 aliphatic heterocycles. The van der Waals surface area contributed by atoms with Gasteiger partial charge in [0.05, 0.1) is 12.1 Å². The smallest absolute Gasteiger partial charge is 0.239 e. The summed E-state index contributed by atoms with van der Waals surface area (Å²) in [4.78, 5) is 13.9. The highest BCUT2D eigenvalue weighted by Gasteiger charge is 2.10. The van der Waals surface area contributed by atoms with Gasteiger partial charge in [0.25, 0.3) is 0 Å². The van der Waals surface area contributed by atoms with Gasteiger partial charge in [-0.05, 0) is 36.2 Å². The topological polar surface area (TPSA) is 56.1 Å². The summed E-state index contributed by atoms with van der Waals surface area (Å²) in [5.41, 5.74) is 1.58. The molecule has 1 aromatic carbocycles. The van der Waals surface area contributed by atoms with Gasteiger partial charge in [-0.15, -0.1) is 11.3 Å². The third-order valence-electron chi connectivity index (χ3n) is 2.82. The Hall–Kier alpha value is -1.87. The van der Waals surface area contributed by atoms with Gasteiger partial charge in [-0.25, -0.2) is 0 Å². The van der Waals surface area contributed by atoms with E-state index in [2.05, 4.69) is 5.32 Å². The number of carbonyl (C=O) groups excluding carboxylic acids is 1. The van der Waals surface area contributed by atoms with Crippen molar-refractivity contribution in [1.82, 2.24) is 4.90 Å². The van der Waals surface area contributed by atoms with Gasteiger partial charge in [-0.2, -0.15) is 5.26 Å². The van der Waals surface area contributed by atoms with E-state index in [1.165, 1.54) is 11.3 Å². The number of nitrogens with one attached hydrogen (secondary N) is 1. The molecular weight excluding hydrogens is 306 g/mol. The van der Waals surface area contributed by atoms with E-state index in [1.54, 1.807) is 11.4 Å². The molecule has 1 aromatic heterocycles. The Balaban J connectivity index is 1.87. The number of anilines is 1. The summed E-state index contributed by atoms with van der Waals surface area (Å²) < 4.78 is 0. The molecule has 0 atom stereocenters. The van der Waals surface area contributed by atoms with E-state index >= 15 is 0 Å². The molecule has 0 radical (unpaired) electrons. The first-order valence-electron chi connectivity index (χ1n) is 6.29. The lowest BCUT2D eigenvalue weighted by Gasteiger charge is -2.16. The van der Waals surface area contributed by atoms with Crippen molar-refractivity contribution in [3.05, 3.63) is 51.9 Å². The standard InChI is InChI=1S/C15H14ClN3OS/c1-19(9-11-2-4-13(16)5-3-11)10-14(20)18-15-12(8-17)6-7-21-15/h2-7H,9-10H2,1H3,(H,18,20). The minimum absolute atomic E-state index is 0.134. The molecule has 1 heterocycles. The van der Waals surface area contributed by atoms with Crippen LogP contribution in [-0.4, -0.2) is 24.4 Å². The molecule has 4 nitrogen and oxygen atoms in total. The summed E-state index contributed by atoms with van der Waals surface area (Å²) in [6, 6.07) is 11.3. The van der Waals surface area contributed by atoms with Crippen LogP contribution in [0.15, 0.2) is 35.7 Å². The van der Waals surface area contributed by atoms with Crippen LogP contribution in [0.25, 0.3) is 0 Å². The third kappa shape index (κ3) is 4.57. The van der Waals surface area contributed by atoms with E-state index in [-0.39, 0.29) is 12.5 Å². The molecule has 2 rings (SSSR count). The second-order valence-electron chi connectivity index (χ2n) is 4.62. The number of likely N-dealkylation sites (N-methyl/N-ethyl adjacent to an activating group) is 1. The lowest BCUT2D eigenvalue weighted by molar-refractivity contribution is -0.117. The average molecular weight is 320 g/mol. The molecule has 0 unspecified atom stereocenters. The number of nitriles is 1. The minimum Gasteiger partial charge on any atom is -0.315 e. The normalized spacial score (nSPS) is 10.4. The fourth-order valence-corrected chi connectivity index (χ4v) is 2.74. The lowest BCUT2D eigenvalue weighted by Crippen LogP contribution is -2.29. The van der Waals surface area contributed by atoms with Crippen LogP contribution in [0.5, 0.6) is 0 Å². The van der Waals surface area contributed by atoms with Crippen molar-refractivity contribution in [2.75, 3.05) is 18.9 Å². The summed E-state index contributed by atoms with van der Waals surface area (Å²) in [5.74, 6) is -0.134. The Bertz CT molecular complexity index is 660. The molecule has 0 bridgehead atoms. The van der Waals surface area contributed by atoms with Gasteiger partial charge in [0, 0.05) is 11.6 Å². The van der Waals surface area contributed by atoms with E-state index in [1.807, 2.05) is 42.3 Å². The Morgan fingerprint density at radius 2 is 2.10 bits per heavy atom. The van der Waals surface area contributed by atoms with Crippen molar-refractivity contribution in [2.45, 2.75) is 6.54 Å². The van der Waals surface area contributed by atoms with E-state index in [9.17, 15) is 4.79 Å². The maximum Gasteiger partial charge on any atom is 0.239 e. The molecular formula is C15H14ClN3OS. The van der Waals surface area contributed by atoms with E-state index in [0.717, 1.165) is 5.56 Å². The number of halogens is 1. The highest BCUT2D eigenvalue weighted by atomic mass is 35.5. The summed E-state index contributed by atoms with van der Waals surface area (Å²) in [6.07, 6.45) is 0. The van der Waals surface area contributed by atoms with Crippen LogP contribution in [0.4, 0.5) is 5.00 Å². The predicted molar refractivity (Wildman–Crippen MR) is 85.4 cm³/mol. The lowest BCUT2D eigenvalue weighted by atomic mass is 10.2. The van der Waals surface area contributed by atoms with Crippen LogP contribution in [0.3, 0.4) is 0 Å². The molecule has 0 spiro atoms. The molecule has 6 heteroatoms. The van der Waals surface area contributed by atoms with Gasteiger partial charge in [0.15, 0.2) is 0 Å². The monoisotopic (exact) mass is 319 g/mol. The molecule has 108 valence electrons. The summed E-state index contributed by atoms with van der Waals surface area (Å²) >= 11 is 7.19. The average Bonchev–Trinajstić information content (AvgIpc) is 2.88. The number of benzene rings is 1. The third-order valence-corrected chi connectivity index (χ3v) is 3.90. The number of nitrogens with zero attached hydrogens (tertiary/aromatic N) is 2. The Morgan fingerprint density at radius 1 is 1.38 bits per heavy atom. The fourth-order valence-electron chi connectivity index (χ4n) is 1.86. The quantitative estimate of drug-likeness (QED) is 0.919. The van der Waals surface area contributed by atoms with Crippen LogP contribution in [0.2, 0.25) is 5.02 Å². The number of amides is 1. The maximum atomic E-state index is 12.0. The van der Waals surface area contributed by atoms with Gasteiger partial charge in [-0.3, -0.25) is 9.69 Å². The van der Waals surface area contributed by atoms with Crippen LogP contribution in [-0.2, 0) is 11.3 Å². The van der Waals surface area contributed by atoms with Gasteiger partial charge >= 0.3 is 0 Å². The van der Waals surface area contributed by atoms with Gasteiger partial charge in [0.1, 0.15) is 11.1 Å². The van der Waals surface area contributed by atoms with Crippen molar-refractivity contribution >= 4 is 33.8 Å². The zero-order valence-corrected chi connectivity index (χ0v) is 13.0. The van der Waals surface area contributed by atoms with Gasteiger partial charge < -0.3 is 5.32 Å². The van der Waals surface area contributed by atoms with E-state index < -0.39 is 0 Å². The first-order valence-corrected chi connectivity index (χ1v) is 7.54. The van der Waals surface area contributed by atoms with Crippen molar-refractivity contribution in [2.24, 2.45) is 0 Å². The second-order valence-corrected chi connectivity index (χ2v) is 5.97. The molecule has 0 aliphatic carbocycles. The fraction of sp³-hybridized carbons (Fsp3) is 0.200.